The van der Waals surface area contributed by atoms with Crippen molar-refractivity contribution in [3.63, 3.8) is 0 Å². The third-order valence-electron chi connectivity index (χ3n) is 5.06. The summed E-state index contributed by atoms with van der Waals surface area (Å²) in [6, 6.07) is 16.0. The molecule has 0 spiro atoms. The number of hydrogen-bond acceptors (Lipinski definition) is 1. The van der Waals surface area contributed by atoms with Crippen molar-refractivity contribution in [2.24, 2.45) is 7.05 Å². The lowest BCUT2D eigenvalue weighted by Crippen LogP contribution is -2.30. The number of fused-ring (bicyclic) bond motifs is 2. The number of hydrogen-bond donors (Lipinski definition) is 0. The fourth-order valence-electron chi connectivity index (χ4n) is 3.55. The van der Waals surface area contributed by atoms with E-state index in [2.05, 4.69) is 93.4 Å². The quantitative estimate of drug-likeness (QED) is 0.364. The first kappa shape index (κ1) is 16.3. The number of pyridine rings is 1. The normalized spacial score (nSPS) is 12.2. The lowest BCUT2D eigenvalue weighted by atomic mass is 9.85. The Morgan fingerprint density at radius 3 is 2.48 bits per heavy atom. The van der Waals surface area contributed by atoms with Gasteiger partial charge in [0.15, 0.2) is 6.20 Å². The molecular weight excluding hydrogens is 322 g/mol. The molecule has 126 valence electrons. The zero-order chi connectivity index (χ0) is 17.8. The second-order valence-electron chi connectivity index (χ2n) is 7.95. The van der Waals surface area contributed by atoms with Gasteiger partial charge in [0.25, 0.3) is 0 Å². The molecule has 0 fully saturated rings. The van der Waals surface area contributed by atoms with Gasteiger partial charge in [0.2, 0.25) is 5.69 Å². The lowest BCUT2D eigenvalue weighted by molar-refractivity contribution is -0.659. The Kier molecular flexibility index (Phi) is 3.69. The van der Waals surface area contributed by atoms with Crippen molar-refractivity contribution in [3.05, 3.63) is 65.2 Å². The van der Waals surface area contributed by atoms with E-state index in [1.165, 1.54) is 43.2 Å². The van der Waals surface area contributed by atoms with Gasteiger partial charge < -0.3 is 0 Å². The van der Waals surface area contributed by atoms with Crippen molar-refractivity contribution in [2.75, 3.05) is 0 Å². The van der Waals surface area contributed by atoms with Crippen molar-refractivity contribution in [1.29, 1.82) is 0 Å². The number of aryl methyl sites for hydroxylation is 2. The van der Waals surface area contributed by atoms with Gasteiger partial charge in [0.1, 0.15) is 7.05 Å². The highest BCUT2D eigenvalue weighted by atomic mass is 32.1. The Balaban J connectivity index is 2.02. The summed E-state index contributed by atoms with van der Waals surface area (Å²) in [5.74, 6) is 0. The van der Waals surface area contributed by atoms with E-state index < -0.39 is 0 Å². The molecule has 1 nitrogen and oxygen atoms in total. The number of nitrogens with zero attached hydrogens (tertiary/aromatic N) is 1. The van der Waals surface area contributed by atoms with Gasteiger partial charge in [-0.15, -0.1) is 11.3 Å². The van der Waals surface area contributed by atoms with Crippen LogP contribution in [0.15, 0.2) is 54.0 Å². The van der Waals surface area contributed by atoms with Crippen LogP contribution in [-0.2, 0) is 12.5 Å². The average molecular weight is 347 g/mol. The molecule has 2 heterocycles. The fourth-order valence-corrected chi connectivity index (χ4v) is 4.36. The molecule has 0 radical (unpaired) electrons. The van der Waals surface area contributed by atoms with Gasteiger partial charge in [-0.2, -0.15) is 0 Å². The maximum absolute atomic E-state index is 2.35. The number of aromatic nitrogens is 1. The van der Waals surface area contributed by atoms with Crippen LogP contribution in [0.5, 0.6) is 0 Å². The van der Waals surface area contributed by atoms with Crippen LogP contribution in [-0.4, -0.2) is 0 Å². The lowest BCUT2D eigenvalue weighted by Gasteiger charge is -2.19. The minimum atomic E-state index is 0.165. The highest BCUT2D eigenvalue weighted by Crippen LogP contribution is 2.34. The molecule has 2 aromatic heterocycles. The first-order valence-electron chi connectivity index (χ1n) is 8.76. The Morgan fingerprint density at radius 2 is 1.72 bits per heavy atom. The zero-order valence-electron chi connectivity index (χ0n) is 15.6. The first-order chi connectivity index (χ1) is 11.8. The van der Waals surface area contributed by atoms with Gasteiger partial charge in [-0.05, 0) is 63.9 Å². The largest absolute Gasteiger partial charge is 0.220 e. The van der Waals surface area contributed by atoms with Crippen LogP contribution in [0.4, 0.5) is 0 Å². The predicted molar refractivity (Wildman–Crippen MR) is 109 cm³/mol. The highest BCUT2D eigenvalue weighted by Gasteiger charge is 2.20. The van der Waals surface area contributed by atoms with Crippen LogP contribution in [0.1, 0.15) is 31.9 Å². The van der Waals surface area contributed by atoms with Gasteiger partial charge in [0, 0.05) is 10.8 Å². The topological polar surface area (TPSA) is 3.88 Å². The summed E-state index contributed by atoms with van der Waals surface area (Å²) in [5, 5.41) is 6.14. The third-order valence-corrected chi connectivity index (χ3v) is 5.94. The van der Waals surface area contributed by atoms with Crippen LogP contribution in [0.3, 0.4) is 0 Å². The second-order valence-corrected chi connectivity index (χ2v) is 8.90. The standard InChI is InChI=1S/C23H24NS/c1-15-12-17-9-11-25-21(17)14-20(15)22-19-7-6-18(23(2,3)4)13-16(19)8-10-24(22)5/h6-14H,1-5H3/q+1. The minimum absolute atomic E-state index is 0.165. The molecular formula is C23H24NS+. The van der Waals surface area contributed by atoms with E-state index in [-0.39, 0.29) is 5.41 Å². The second kappa shape index (κ2) is 5.67. The molecule has 0 amide bonds. The predicted octanol–water partition coefficient (Wildman–Crippen LogP) is 6.15. The third kappa shape index (κ3) is 2.75. The summed E-state index contributed by atoms with van der Waals surface area (Å²) in [7, 11) is 2.14. The molecule has 0 unspecified atom stereocenters. The van der Waals surface area contributed by atoms with Crippen molar-refractivity contribution in [3.8, 4) is 11.3 Å². The first-order valence-corrected chi connectivity index (χ1v) is 9.64. The van der Waals surface area contributed by atoms with Crippen molar-refractivity contribution in [1.82, 2.24) is 0 Å². The molecule has 0 saturated carbocycles. The number of rotatable bonds is 1. The smallest absolute Gasteiger partial charge is 0.200 e. The maximum Gasteiger partial charge on any atom is 0.220 e. The van der Waals surface area contributed by atoms with Crippen LogP contribution < -0.4 is 4.57 Å². The SMILES string of the molecule is Cc1cc2ccsc2cc1-c1c2ccc(C(C)(C)C)cc2cc[n+]1C. The molecule has 0 atom stereocenters. The molecule has 0 N–H and O–H groups in total. The van der Waals surface area contributed by atoms with Crippen molar-refractivity contribution >= 4 is 32.2 Å². The Bertz CT molecular complexity index is 1100. The molecule has 0 aliphatic heterocycles. The van der Waals surface area contributed by atoms with Crippen LogP contribution in [0, 0.1) is 6.92 Å². The number of benzene rings is 2. The number of thiophene rings is 1. The molecule has 0 saturated heterocycles. The average Bonchev–Trinajstić information content (AvgIpc) is 3.00. The molecule has 0 bridgehead atoms. The van der Waals surface area contributed by atoms with Gasteiger partial charge in [-0.25, -0.2) is 4.57 Å². The summed E-state index contributed by atoms with van der Waals surface area (Å²) >= 11 is 1.81. The summed E-state index contributed by atoms with van der Waals surface area (Å²) in [4.78, 5) is 0. The van der Waals surface area contributed by atoms with Crippen LogP contribution in [0.25, 0.3) is 32.1 Å². The molecule has 2 heteroatoms. The van der Waals surface area contributed by atoms with E-state index in [9.17, 15) is 0 Å². The van der Waals surface area contributed by atoms with Crippen molar-refractivity contribution in [2.45, 2.75) is 33.1 Å². The molecule has 4 rings (SSSR count). The van der Waals surface area contributed by atoms with Gasteiger partial charge in [0.05, 0.1) is 10.9 Å². The Hall–Kier alpha value is -2.19. The van der Waals surface area contributed by atoms with Crippen LogP contribution >= 0.6 is 11.3 Å². The minimum Gasteiger partial charge on any atom is -0.200 e. The molecule has 25 heavy (non-hydrogen) atoms. The molecule has 0 aliphatic rings. The van der Waals surface area contributed by atoms with Gasteiger partial charge >= 0.3 is 0 Å². The van der Waals surface area contributed by atoms with E-state index in [0.29, 0.717) is 0 Å². The van der Waals surface area contributed by atoms with E-state index in [1.807, 2.05) is 11.3 Å². The van der Waals surface area contributed by atoms with Crippen molar-refractivity contribution < 1.29 is 4.57 Å². The van der Waals surface area contributed by atoms with E-state index in [1.54, 1.807) is 0 Å². The van der Waals surface area contributed by atoms with Crippen LogP contribution in [0.2, 0.25) is 0 Å². The van der Waals surface area contributed by atoms with E-state index >= 15 is 0 Å². The molecule has 0 aliphatic carbocycles. The maximum atomic E-state index is 2.35. The Morgan fingerprint density at radius 1 is 0.920 bits per heavy atom. The molecule has 4 aromatic rings. The summed E-state index contributed by atoms with van der Waals surface area (Å²) in [6.07, 6.45) is 2.18. The summed E-state index contributed by atoms with van der Waals surface area (Å²) in [6.45, 7) is 9.03. The highest BCUT2D eigenvalue weighted by molar-refractivity contribution is 7.17. The monoisotopic (exact) mass is 346 g/mol. The van der Waals surface area contributed by atoms with Gasteiger partial charge in [-0.1, -0.05) is 32.9 Å². The summed E-state index contributed by atoms with van der Waals surface area (Å²) < 4.78 is 3.60. The Labute approximate surface area is 153 Å². The van der Waals surface area contributed by atoms with E-state index in [0.717, 1.165) is 0 Å². The fraction of sp³-hybridized carbons (Fsp3) is 0.261. The zero-order valence-corrected chi connectivity index (χ0v) is 16.4. The molecule has 2 aromatic carbocycles. The van der Waals surface area contributed by atoms with Gasteiger partial charge in [-0.3, -0.25) is 0 Å². The summed E-state index contributed by atoms with van der Waals surface area (Å²) in [5.41, 5.74) is 5.49. The van der Waals surface area contributed by atoms with E-state index in [4.69, 9.17) is 0 Å².